The van der Waals surface area contributed by atoms with Crippen LogP contribution in [0.1, 0.15) is 11.1 Å². The lowest BCUT2D eigenvalue weighted by Crippen LogP contribution is -1.98. The summed E-state index contributed by atoms with van der Waals surface area (Å²) in [6.45, 7) is 0. The molecule has 4 nitrogen and oxygen atoms in total. The average Bonchev–Trinajstić information content (AvgIpc) is 2.42. The highest BCUT2D eigenvalue weighted by Gasteiger charge is 2.04. The maximum atomic E-state index is 8.88. The fourth-order valence-electron chi connectivity index (χ4n) is 1.56. The molecule has 0 heterocycles. The van der Waals surface area contributed by atoms with E-state index in [4.69, 9.17) is 16.3 Å². The molecule has 0 atom stereocenters. The molecule has 3 N–H and O–H groups in total. The molecule has 2 aromatic carbocycles. The average molecular weight is 234 g/mol. The molecular weight excluding hydrogens is 224 g/mol. The van der Waals surface area contributed by atoms with Gasteiger partial charge in [-0.2, -0.15) is 10.5 Å². The molecule has 86 valence electrons. The van der Waals surface area contributed by atoms with Crippen LogP contribution in [0.4, 0.5) is 17.1 Å². The Hall–Kier alpha value is -2.98. The van der Waals surface area contributed by atoms with Crippen LogP contribution in [0.3, 0.4) is 0 Å². The van der Waals surface area contributed by atoms with Crippen molar-refractivity contribution in [3.8, 4) is 12.1 Å². The number of nitrogens with zero attached hydrogens (tertiary/aromatic N) is 2. The third-order valence-electron chi connectivity index (χ3n) is 2.52. The van der Waals surface area contributed by atoms with Gasteiger partial charge in [0, 0.05) is 5.69 Å². The molecule has 18 heavy (non-hydrogen) atoms. The first kappa shape index (κ1) is 11.5. The van der Waals surface area contributed by atoms with Gasteiger partial charge >= 0.3 is 0 Å². The molecule has 0 radical (unpaired) electrons. The van der Waals surface area contributed by atoms with Crippen molar-refractivity contribution in [3.05, 3.63) is 53.6 Å². The Labute approximate surface area is 105 Å². The number of anilines is 3. The Morgan fingerprint density at radius 1 is 0.944 bits per heavy atom. The number of nitriles is 2. The molecule has 0 bridgehead atoms. The third kappa shape index (κ3) is 2.23. The van der Waals surface area contributed by atoms with Crippen LogP contribution in [0.25, 0.3) is 0 Å². The van der Waals surface area contributed by atoms with Gasteiger partial charge in [0.2, 0.25) is 0 Å². The number of benzene rings is 2. The maximum Gasteiger partial charge on any atom is 0.101 e. The van der Waals surface area contributed by atoms with E-state index in [-0.39, 0.29) is 0 Å². The molecule has 0 aromatic heterocycles. The van der Waals surface area contributed by atoms with Crippen molar-refractivity contribution >= 4 is 17.1 Å². The van der Waals surface area contributed by atoms with Crippen molar-refractivity contribution in [1.82, 2.24) is 0 Å². The summed E-state index contributed by atoms with van der Waals surface area (Å²) in [5, 5.41) is 20.7. The Kier molecular flexibility index (Phi) is 3.13. The summed E-state index contributed by atoms with van der Waals surface area (Å²) < 4.78 is 0. The van der Waals surface area contributed by atoms with Crippen LogP contribution in [0.5, 0.6) is 0 Å². The number of nitrogens with one attached hydrogen (secondary N) is 1. The van der Waals surface area contributed by atoms with E-state index in [1.54, 1.807) is 42.5 Å². The van der Waals surface area contributed by atoms with Gasteiger partial charge in [0.05, 0.1) is 28.6 Å². The third-order valence-corrected chi connectivity index (χ3v) is 2.52. The second kappa shape index (κ2) is 4.90. The van der Waals surface area contributed by atoms with Crippen molar-refractivity contribution < 1.29 is 0 Å². The van der Waals surface area contributed by atoms with Crippen molar-refractivity contribution in [2.24, 2.45) is 0 Å². The lowest BCUT2D eigenvalue weighted by atomic mass is 10.1. The van der Waals surface area contributed by atoms with Crippen LogP contribution < -0.4 is 11.1 Å². The molecule has 0 fully saturated rings. The van der Waals surface area contributed by atoms with Crippen LogP contribution in [0.2, 0.25) is 0 Å². The van der Waals surface area contributed by atoms with E-state index >= 15 is 0 Å². The molecule has 2 aromatic rings. The summed E-state index contributed by atoms with van der Waals surface area (Å²) in [5.41, 5.74) is 8.81. The lowest BCUT2D eigenvalue weighted by molar-refractivity contribution is 1.46. The molecule has 0 aliphatic heterocycles. The van der Waals surface area contributed by atoms with Crippen LogP contribution in [0.15, 0.2) is 42.5 Å². The second-order valence-electron chi connectivity index (χ2n) is 3.69. The standard InChI is InChI=1S/C14H10N4/c15-8-10-4-6-12(7-5-10)18-13-3-1-2-11(9-16)14(13)17/h1-7,18H,17H2. The fourth-order valence-corrected chi connectivity index (χ4v) is 1.56. The van der Waals surface area contributed by atoms with Crippen LogP contribution in [-0.4, -0.2) is 0 Å². The molecule has 0 spiro atoms. The number of hydrogen-bond donors (Lipinski definition) is 2. The van der Waals surface area contributed by atoms with Crippen molar-refractivity contribution in [2.45, 2.75) is 0 Å². The van der Waals surface area contributed by atoms with Gasteiger partial charge in [-0.05, 0) is 36.4 Å². The zero-order valence-corrected chi connectivity index (χ0v) is 9.51. The topological polar surface area (TPSA) is 85.6 Å². The zero-order valence-electron chi connectivity index (χ0n) is 9.51. The van der Waals surface area contributed by atoms with E-state index in [2.05, 4.69) is 11.4 Å². The van der Waals surface area contributed by atoms with Crippen molar-refractivity contribution in [3.63, 3.8) is 0 Å². The minimum absolute atomic E-state index is 0.421. The van der Waals surface area contributed by atoms with E-state index in [1.165, 1.54) is 0 Å². The van der Waals surface area contributed by atoms with Gasteiger partial charge in [-0.1, -0.05) is 6.07 Å². The highest BCUT2D eigenvalue weighted by atomic mass is 14.9. The summed E-state index contributed by atoms with van der Waals surface area (Å²) in [5.74, 6) is 0. The van der Waals surface area contributed by atoms with Crippen LogP contribution in [-0.2, 0) is 0 Å². The quantitative estimate of drug-likeness (QED) is 0.782. The number of hydrogen-bond acceptors (Lipinski definition) is 4. The number of nitrogen functional groups attached to an aromatic ring is 1. The Morgan fingerprint density at radius 2 is 1.67 bits per heavy atom. The van der Waals surface area contributed by atoms with Crippen molar-refractivity contribution in [2.75, 3.05) is 11.1 Å². The SMILES string of the molecule is N#Cc1ccc(Nc2cccc(C#N)c2N)cc1. The van der Waals surface area contributed by atoms with E-state index in [1.807, 2.05) is 6.07 Å². The predicted molar refractivity (Wildman–Crippen MR) is 70.0 cm³/mol. The summed E-state index contributed by atoms with van der Waals surface area (Å²) >= 11 is 0. The monoisotopic (exact) mass is 234 g/mol. The smallest absolute Gasteiger partial charge is 0.101 e. The molecule has 4 heteroatoms. The molecule has 0 saturated carbocycles. The number of nitrogens with two attached hydrogens (primary N) is 1. The largest absolute Gasteiger partial charge is 0.396 e. The number of rotatable bonds is 2. The minimum atomic E-state index is 0.421. The van der Waals surface area contributed by atoms with Gasteiger partial charge in [0.1, 0.15) is 6.07 Å². The van der Waals surface area contributed by atoms with E-state index in [0.29, 0.717) is 22.5 Å². The molecule has 0 amide bonds. The van der Waals surface area contributed by atoms with Crippen LogP contribution in [0, 0.1) is 22.7 Å². The Morgan fingerprint density at radius 3 is 2.28 bits per heavy atom. The highest BCUT2D eigenvalue weighted by Crippen LogP contribution is 2.25. The van der Waals surface area contributed by atoms with Crippen molar-refractivity contribution in [1.29, 1.82) is 10.5 Å². The van der Waals surface area contributed by atoms with Gasteiger partial charge in [0.25, 0.3) is 0 Å². The zero-order chi connectivity index (χ0) is 13.0. The van der Waals surface area contributed by atoms with E-state index in [9.17, 15) is 0 Å². The summed E-state index contributed by atoms with van der Waals surface area (Å²) in [6, 6.07) is 16.3. The fraction of sp³-hybridized carbons (Fsp3) is 0. The summed E-state index contributed by atoms with van der Waals surface area (Å²) in [6.07, 6.45) is 0. The molecule has 0 saturated heterocycles. The van der Waals surface area contributed by atoms with Gasteiger partial charge in [0.15, 0.2) is 0 Å². The Balaban J connectivity index is 2.29. The minimum Gasteiger partial charge on any atom is -0.396 e. The van der Waals surface area contributed by atoms with E-state index in [0.717, 1.165) is 5.69 Å². The van der Waals surface area contributed by atoms with Crippen LogP contribution >= 0.6 is 0 Å². The predicted octanol–water partition coefficient (Wildman–Crippen LogP) is 2.76. The maximum absolute atomic E-state index is 8.88. The molecule has 0 unspecified atom stereocenters. The first-order valence-corrected chi connectivity index (χ1v) is 5.30. The summed E-state index contributed by atoms with van der Waals surface area (Å²) in [7, 11) is 0. The molecule has 0 aliphatic rings. The molecule has 0 aliphatic carbocycles. The highest BCUT2D eigenvalue weighted by molar-refractivity contribution is 5.77. The van der Waals surface area contributed by atoms with E-state index < -0.39 is 0 Å². The summed E-state index contributed by atoms with van der Waals surface area (Å²) in [4.78, 5) is 0. The second-order valence-corrected chi connectivity index (χ2v) is 3.69. The first-order valence-electron chi connectivity index (χ1n) is 5.30. The van der Waals surface area contributed by atoms with Gasteiger partial charge < -0.3 is 11.1 Å². The molecule has 2 rings (SSSR count). The van der Waals surface area contributed by atoms with Gasteiger partial charge in [-0.25, -0.2) is 0 Å². The van der Waals surface area contributed by atoms with Gasteiger partial charge in [-0.15, -0.1) is 0 Å². The Bertz CT molecular complexity index is 645. The number of para-hydroxylation sites is 1. The van der Waals surface area contributed by atoms with Gasteiger partial charge in [-0.3, -0.25) is 0 Å². The normalized spacial score (nSPS) is 9.22. The molecular formula is C14H10N4. The first-order chi connectivity index (χ1) is 8.74. The lowest BCUT2D eigenvalue weighted by Gasteiger charge is -2.10.